The van der Waals surface area contributed by atoms with Crippen LogP contribution in [0.3, 0.4) is 0 Å². The van der Waals surface area contributed by atoms with Crippen LogP contribution in [0.15, 0.2) is 5.51 Å². The number of aliphatic hydroxyl groups excluding tert-OH is 1. The third-order valence-corrected chi connectivity index (χ3v) is 4.19. The molecule has 1 fully saturated rings. The summed E-state index contributed by atoms with van der Waals surface area (Å²) >= 11 is 1.37. The van der Waals surface area contributed by atoms with Gasteiger partial charge in [0, 0.05) is 6.54 Å². The maximum atomic E-state index is 11.8. The number of carbonyl (C=O) groups is 1. The van der Waals surface area contributed by atoms with Crippen molar-refractivity contribution >= 4 is 17.2 Å². The van der Waals surface area contributed by atoms with Crippen LogP contribution in [0.4, 0.5) is 0 Å². The molecule has 2 rings (SSSR count). The molecule has 0 spiro atoms. The van der Waals surface area contributed by atoms with E-state index in [4.69, 9.17) is 0 Å². The van der Waals surface area contributed by atoms with Crippen LogP contribution >= 0.6 is 11.3 Å². The van der Waals surface area contributed by atoms with E-state index >= 15 is 0 Å². The first-order valence-electron chi connectivity index (χ1n) is 6.03. The molecule has 0 bridgehead atoms. The maximum Gasteiger partial charge on any atom is 0.263 e. The number of rotatable bonds is 3. The average molecular weight is 254 g/mol. The number of amides is 1. The van der Waals surface area contributed by atoms with E-state index in [0.717, 1.165) is 31.4 Å². The summed E-state index contributed by atoms with van der Waals surface area (Å²) in [5, 5.41) is 12.5. The fourth-order valence-electron chi connectivity index (χ4n) is 2.29. The van der Waals surface area contributed by atoms with E-state index in [1.807, 2.05) is 6.92 Å². The molecule has 0 radical (unpaired) electrons. The molecular weight excluding hydrogens is 236 g/mol. The van der Waals surface area contributed by atoms with Gasteiger partial charge in [-0.2, -0.15) is 0 Å². The summed E-state index contributed by atoms with van der Waals surface area (Å²) in [5.41, 5.74) is 2.48. The van der Waals surface area contributed by atoms with Crippen LogP contribution in [-0.2, 0) is 0 Å². The van der Waals surface area contributed by atoms with Gasteiger partial charge in [-0.1, -0.05) is 6.42 Å². The van der Waals surface area contributed by atoms with Crippen molar-refractivity contribution in [3.63, 3.8) is 0 Å². The Morgan fingerprint density at radius 1 is 1.65 bits per heavy atom. The van der Waals surface area contributed by atoms with Gasteiger partial charge in [-0.25, -0.2) is 4.98 Å². The first-order chi connectivity index (χ1) is 8.16. The van der Waals surface area contributed by atoms with E-state index in [9.17, 15) is 9.90 Å². The molecule has 1 amide bonds. The molecular formula is C12H18N2O2S. The average Bonchev–Trinajstić information content (AvgIpc) is 2.72. The predicted molar refractivity (Wildman–Crippen MR) is 67.1 cm³/mol. The Morgan fingerprint density at radius 2 is 2.47 bits per heavy atom. The van der Waals surface area contributed by atoms with E-state index in [-0.39, 0.29) is 12.0 Å². The van der Waals surface area contributed by atoms with E-state index in [1.54, 1.807) is 5.51 Å². The third kappa shape index (κ3) is 3.26. The highest BCUT2D eigenvalue weighted by Crippen LogP contribution is 2.23. The Balaban J connectivity index is 1.82. The van der Waals surface area contributed by atoms with Crippen molar-refractivity contribution in [3.05, 3.63) is 16.1 Å². The number of hydrogen-bond acceptors (Lipinski definition) is 4. The predicted octanol–water partition coefficient (Wildman–Crippen LogP) is 1.73. The maximum absolute atomic E-state index is 11.8. The highest BCUT2D eigenvalue weighted by atomic mass is 32.1. The van der Waals surface area contributed by atoms with Crippen molar-refractivity contribution in [1.82, 2.24) is 10.3 Å². The summed E-state index contributed by atoms with van der Waals surface area (Å²) in [4.78, 5) is 16.6. The SMILES string of the molecule is Cc1ncsc1C(=O)NCC1CCCC(O)C1. The number of aliphatic hydroxyl groups is 1. The van der Waals surface area contributed by atoms with Crippen LogP contribution in [-0.4, -0.2) is 28.6 Å². The molecule has 0 saturated heterocycles. The minimum atomic E-state index is -0.184. The van der Waals surface area contributed by atoms with Crippen LogP contribution in [0.1, 0.15) is 41.0 Å². The lowest BCUT2D eigenvalue weighted by molar-refractivity contribution is 0.0876. The lowest BCUT2D eigenvalue weighted by atomic mass is 9.87. The number of nitrogens with one attached hydrogen (secondary N) is 1. The van der Waals surface area contributed by atoms with Crippen LogP contribution in [0.25, 0.3) is 0 Å². The van der Waals surface area contributed by atoms with Crippen molar-refractivity contribution < 1.29 is 9.90 Å². The molecule has 2 unspecified atom stereocenters. The largest absolute Gasteiger partial charge is 0.393 e. The number of carbonyl (C=O) groups excluding carboxylic acids is 1. The highest BCUT2D eigenvalue weighted by Gasteiger charge is 2.21. The van der Waals surface area contributed by atoms with E-state index in [0.29, 0.717) is 17.3 Å². The van der Waals surface area contributed by atoms with E-state index in [1.165, 1.54) is 11.3 Å². The Morgan fingerprint density at radius 3 is 3.12 bits per heavy atom. The molecule has 1 saturated carbocycles. The zero-order valence-corrected chi connectivity index (χ0v) is 10.8. The fourth-order valence-corrected chi connectivity index (χ4v) is 3.00. The molecule has 4 nitrogen and oxygen atoms in total. The molecule has 2 N–H and O–H groups in total. The Hall–Kier alpha value is -0.940. The van der Waals surface area contributed by atoms with E-state index < -0.39 is 0 Å². The Bertz CT molecular complexity index is 392. The molecule has 0 aromatic carbocycles. The first-order valence-corrected chi connectivity index (χ1v) is 6.91. The van der Waals surface area contributed by atoms with Gasteiger partial charge in [0.25, 0.3) is 5.91 Å². The molecule has 94 valence electrons. The van der Waals surface area contributed by atoms with E-state index in [2.05, 4.69) is 10.3 Å². The Kier molecular flexibility index (Phi) is 4.12. The summed E-state index contributed by atoms with van der Waals surface area (Å²) in [7, 11) is 0. The molecule has 1 aromatic rings. The summed E-state index contributed by atoms with van der Waals surface area (Å²) in [6.07, 6.45) is 3.68. The van der Waals surface area contributed by atoms with Gasteiger partial charge >= 0.3 is 0 Å². The van der Waals surface area contributed by atoms with Gasteiger partial charge in [-0.3, -0.25) is 4.79 Å². The quantitative estimate of drug-likeness (QED) is 0.863. The van der Waals surface area contributed by atoms with Gasteiger partial charge in [0.2, 0.25) is 0 Å². The van der Waals surface area contributed by atoms with Crippen molar-refractivity contribution in [2.75, 3.05) is 6.54 Å². The number of thiazole rings is 1. The lowest BCUT2D eigenvalue weighted by Crippen LogP contribution is -2.32. The van der Waals surface area contributed by atoms with Crippen molar-refractivity contribution in [2.24, 2.45) is 5.92 Å². The number of aryl methyl sites for hydroxylation is 1. The third-order valence-electron chi connectivity index (χ3n) is 3.26. The molecule has 1 aliphatic carbocycles. The summed E-state index contributed by atoms with van der Waals surface area (Å²) < 4.78 is 0. The lowest BCUT2D eigenvalue weighted by Gasteiger charge is -2.25. The zero-order chi connectivity index (χ0) is 12.3. The van der Waals surface area contributed by atoms with Crippen LogP contribution in [0, 0.1) is 12.8 Å². The number of nitrogens with zero attached hydrogens (tertiary/aromatic N) is 1. The second-order valence-electron chi connectivity index (χ2n) is 4.66. The second-order valence-corrected chi connectivity index (χ2v) is 5.52. The standard InChI is InChI=1S/C12H18N2O2S/c1-8-11(17-7-14-8)12(16)13-6-9-3-2-4-10(15)5-9/h7,9-10,15H,2-6H2,1H3,(H,13,16). The topological polar surface area (TPSA) is 62.2 Å². The number of hydrogen-bond donors (Lipinski definition) is 2. The van der Waals surface area contributed by atoms with Gasteiger partial charge in [0.15, 0.2) is 0 Å². The fraction of sp³-hybridized carbons (Fsp3) is 0.667. The van der Waals surface area contributed by atoms with Crippen molar-refractivity contribution in [1.29, 1.82) is 0 Å². The summed E-state index contributed by atoms with van der Waals surface area (Å²) in [6, 6.07) is 0. The molecule has 1 heterocycles. The minimum Gasteiger partial charge on any atom is -0.393 e. The highest BCUT2D eigenvalue weighted by molar-refractivity contribution is 7.11. The molecule has 1 aliphatic rings. The zero-order valence-electron chi connectivity index (χ0n) is 9.98. The molecule has 5 heteroatoms. The normalized spacial score (nSPS) is 24.6. The minimum absolute atomic E-state index is 0.0370. The van der Waals surface area contributed by atoms with Gasteiger partial charge in [0.05, 0.1) is 17.3 Å². The van der Waals surface area contributed by atoms with Crippen molar-refractivity contribution in [3.8, 4) is 0 Å². The second kappa shape index (κ2) is 5.60. The molecule has 17 heavy (non-hydrogen) atoms. The van der Waals surface area contributed by atoms with Crippen LogP contribution in [0.2, 0.25) is 0 Å². The molecule has 2 atom stereocenters. The van der Waals surface area contributed by atoms with Gasteiger partial charge in [0.1, 0.15) is 4.88 Å². The van der Waals surface area contributed by atoms with Crippen LogP contribution in [0.5, 0.6) is 0 Å². The number of aromatic nitrogens is 1. The van der Waals surface area contributed by atoms with Gasteiger partial charge in [-0.05, 0) is 32.1 Å². The summed E-state index contributed by atoms with van der Waals surface area (Å²) in [5.74, 6) is 0.376. The van der Waals surface area contributed by atoms with Crippen molar-refractivity contribution in [2.45, 2.75) is 38.7 Å². The van der Waals surface area contributed by atoms with Crippen LogP contribution < -0.4 is 5.32 Å². The van der Waals surface area contributed by atoms with Gasteiger partial charge in [-0.15, -0.1) is 11.3 Å². The monoisotopic (exact) mass is 254 g/mol. The smallest absolute Gasteiger partial charge is 0.263 e. The molecule has 1 aromatic heterocycles. The molecule has 0 aliphatic heterocycles. The Labute approximate surface area is 105 Å². The summed E-state index contributed by atoms with van der Waals surface area (Å²) in [6.45, 7) is 2.50. The first kappa shape index (κ1) is 12.5. The van der Waals surface area contributed by atoms with Gasteiger partial charge < -0.3 is 10.4 Å².